The highest BCUT2D eigenvalue weighted by molar-refractivity contribution is 6.24. The van der Waals surface area contributed by atoms with E-state index in [2.05, 4.69) is 68.4 Å². The lowest BCUT2D eigenvalue weighted by Gasteiger charge is -2.64. The largest absolute Gasteiger partial charge is 0.511 e. The number of aryl methyl sites for hydroxylation is 1. The summed E-state index contributed by atoms with van der Waals surface area (Å²) in [6.45, 7) is 24.4. The fourth-order valence-corrected chi connectivity index (χ4v) is 8.33. The highest BCUT2D eigenvalue weighted by Crippen LogP contribution is 2.71. The molecule has 0 heterocycles. The number of fused-ring (bicyclic) bond motifs is 3. The van der Waals surface area contributed by atoms with Crippen LogP contribution in [-0.4, -0.2) is 22.5 Å². The summed E-state index contributed by atoms with van der Waals surface area (Å²) in [5, 5.41) is 10.9. The average Bonchev–Trinajstić information content (AvgIpc) is 2.74. The molecule has 0 radical (unpaired) electrons. The second-order valence-electron chi connectivity index (χ2n) is 13.4. The van der Waals surface area contributed by atoms with Gasteiger partial charge in [-0.25, -0.2) is 0 Å². The molecule has 0 saturated carbocycles. The number of ketones is 3. The molecule has 36 heavy (non-hydrogen) atoms. The Bertz CT molecular complexity index is 1320. The van der Waals surface area contributed by atoms with Gasteiger partial charge in [0.15, 0.2) is 17.3 Å². The van der Waals surface area contributed by atoms with Crippen LogP contribution >= 0.6 is 0 Å². The lowest BCUT2D eigenvalue weighted by Crippen LogP contribution is -2.62. The molecule has 5 atom stereocenters. The van der Waals surface area contributed by atoms with Crippen LogP contribution in [-0.2, 0) is 15.0 Å². The summed E-state index contributed by atoms with van der Waals surface area (Å²) in [6, 6.07) is 2.25. The van der Waals surface area contributed by atoms with Crippen molar-refractivity contribution in [3.05, 3.63) is 56.4 Å². The SMILES string of the molecule is CC(=O)C1=C(O)C[C@@]2(C)[C@H](C)[C@]3(C)C(=C(C)[C@@]2(C)C1=O)C(=O)c1c(C)c(C(C)(C)C)cc(C)c1[C@H]3C. The molecule has 4 heteroatoms. The molecule has 3 aliphatic rings. The molecule has 0 aliphatic heterocycles. The quantitative estimate of drug-likeness (QED) is 0.421. The molecule has 0 unspecified atom stereocenters. The summed E-state index contributed by atoms with van der Waals surface area (Å²) < 4.78 is 0. The van der Waals surface area contributed by atoms with Crippen LogP contribution in [0.3, 0.4) is 0 Å². The molecule has 0 spiro atoms. The number of aliphatic hydroxyl groups excluding tert-OH is 1. The van der Waals surface area contributed by atoms with E-state index >= 15 is 0 Å². The highest BCUT2D eigenvalue weighted by atomic mass is 16.3. The molecular formula is C32H42O4. The van der Waals surface area contributed by atoms with E-state index in [1.165, 1.54) is 12.5 Å². The van der Waals surface area contributed by atoms with Crippen LogP contribution in [0.1, 0.15) is 114 Å². The van der Waals surface area contributed by atoms with Crippen LogP contribution < -0.4 is 0 Å². The molecule has 3 aliphatic carbocycles. The van der Waals surface area contributed by atoms with E-state index in [-0.39, 0.29) is 46.6 Å². The fourth-order valence-electron chi connectivity index (χ4n) is 8.33. The molecule has 0 fully saturated rings. The zero-order valence-corrected chi connectivity index (χ0v) is 24.1. The third-order valence-electron chi connectivity index (χ3n) is 10.9. The van der Waals surface area contributed by atoms with Gasteiger partial charge < -0.3 is 5.11 Å². The Labute approximate surface area is 216 Å². The Morgan fingerprint density at radius 1 is 1.06 bits per heavy atom. The molecule has 0 bridgehead atoms. The first-order valence-corrected chi connectivity index (χ1v) is 13.2. The van der Waals surface area contributed by atoms with Crippen molar-refractivity contribution in [2.45, 2.75) is 101 Å². The minimum Gasteiger partial charge on any atom is -0.511 e. The second-order valence-corrected chi connectivity index (χ2v) is 13.4. The molecule has 194 valence electrons. The molecule has 0 aromatic heterocycles. The number of rotatable bonds is 1. The second kappa shape index (κ2) is 7.52. The number of Topliss-reactive ketones (excluding diaryl/α,β-unsaturated/α-hetero) is 3. The highest BCUT2D eigenvalue weighted by Gasteiger charge is 2.68. The van der Waals surface area contributed by atoms with Crippen molar-refractivity contribution in [3.63, 3.8) is 0 Å². The summed E-state index contributed by atoms with van der Waals surface area (Å²) in [5.41, 5.74) is 4.22. The molecule has 1 aromatic carbocycles. The topological polar surface area (TPSA) is 71.4 Å². The van der Waals surface area contributed by atoms with Crippen molar-refractivity contribution in [3.8, 4) is 0 Å². The first-order valence-electron chi connectivity index (χ1n) is 13.2. The van der Waals surface area contributed by atoms with E-state index in [4.69, 9.17) is 0 Å². The number of allylic oxidation sites excluding steroid dienone is 4. The normalized spacial score (nSPS) is 34.4. The van der Waals surface area contributed by atoms with Crippen molar-refractivity contribution in [2.24, 2.45) is 22.2 Å². The Hall–Kier alpha value is -2.49. The maximum absolute atomic E-state index is 14.6. The lowest BCUT2D eigenvalue weighted by atomic mass is 9.37. The lowest BCUT2D eigenvalue weighted by molar-refractivity contribution is -0.141. The van der Waals surface area contributed by atoms with Crippen LogP contribution in [0.2, 0.25) is 0 Å². The molecule has 4 nitrogen and oxygen atoms in total. The van der Waals surface area contributed by atoms with Gasteiger partial charge >= 0.3 is 0 Å². The van der Waals surface area contributed by atoms with E-state index < -0.39 is 22.0 Å². The van der Waals surface area contributed by atoms with Gasteiger partial charge in [-0.15, -0.1) is 0 Å². The number of hydrogen-bond donors (Lipinski definition) is 1. The molecule has 0 amide bonds. The Balaban J connectivity index is 2.13. The standard InChI is InChI=1S/C32H42O4/c1-15-13-21(29(7,8)9)16(2)24-23(15)17(3)31(11)20(6)30(10)14-22(34)25(19(5)33)28(36)32(30,12)18(4)26(31)27(24)35/h13,17,20,34H,14H2,1-12H3/t17-,20+,30+,31-,32+/m1/s1. The fraction of sp³-hybridized carbons (Fsp3) is 0.594. The van der Waals surface area contributed by atoms with Crippen LogP contribution in [0, 0.1) is 36.0 Å². The zero-order chi connectivity index (χ0) is 27.5. The van der Waals surface area contributed by atoms with Crippen molar-refractivity contribution in [2.75, 3.05) is 0 Å². The zero-order valence-electron chi connectivity index (χ0n) is 24.1. The summed E-state index contributed by atoms with van der Waals surface area (Å²) in [4.78, 5) is 41.1. The predicted octanol–water partition coefficient (Wildman–Crippen LogP) is 7.26. The van der Waals surface area contributed by atoms with E-state index in [1.54, 1.807) is 0 Å². The first-order chi connectivity index (χ1) is 16.3. The van der Waals surface area contributed by atoms with E-state index in [0.29, 0.717) is 0 Å². The average molecular weight is 491 g/mol. The summed E-state index contributed by atoms with van der Waals surface area (Å²) in [5.74, 6) is -0.952. The number of benzene rings is 1. The third kappa shape index (κ3) is 2.85. The van der Waals surface area contributed by atoms with Crippen molar-refractivity contribution in [1.29, 1.82) is 0 Å². The van der Waals surface area contributed by atoms with Gasteiger partial charge in [0, 0.05) is 23.0 Å². The molecule has 4 rings (SSSR count). The predicted molar refractivity (Wildman–Crippen MR) is 144 cm³/mol. The number of hydrogen-bond acceptors (Lipinski definition) is 4. The smallest absolute Gasteiger partial charge is 0.190 e. The minimum atomic E-state index is -1.06. The Morgan fingerprint density at radius 3 is 2.11 bits per heavy atom. The van der Waals surface area contributed by atoms with Gasteiger partial charge in [0.05, 0.1) is 11.0 Å². The van der Waals surface area contributed by atoms with Gasteiger partial charge in [-0.2, -0.15) is 0 Å². The Morgan fingerprint density at radius 2 is 1.61 bits per heavy atom. The Kier molecular flexibility index (Phi) is 5.55. The van der Waals surface area contributed by atoms with E-state index in [1.807, 2.05) is 13.8 Å². The van der Waals surface area contributed by atoms with E-state index in [9.17, 15) is 19.5 Å². The van der Waals surface area contributed by atoms with Gasteiger partial charge in [-0.3, -0.25) is 14.4 Å². The first kappa shape index (κ1) is 26.6. The van der Waals surface area contributed by atoms with Crippen molar-refractivity contribution >= 4 is 17.3 Å². The number of carbonyl (C=O) groups excluding carboxylic acids is 3. The van der Waals surface area contributed by atoms with Crippen molar-refractivity contribution < 1.29 is 19.5 Å². The van der Waals surface area contributed by atoms with E-state index in [0.717, 1.165) is 33.4 Å². The number of carbonyl (C=O) groups is 3. The van der Waals surface area contributed by atoms with Crippen LogP contribution in [0.15, 0.2) is 28.5 Å². The minimum absolute atomic E-state index is 0.0147. The van der Waals surface area contributed by atoms with Gasteiger partial charge in [-0.05, 0) is 79.5 Å². The van der Waals surface area contributed by atoms with Crippen LogP contribution in [0.4, 0.5) is 0 Å². The number of aliphatic hydroxyl groups is 1. The van der Waals surface area contributed by atoms with Gasteiger partial charge in [-0.1, -0.05) is 60.1 Å². The molecule has 1 aromatic rings. The van der Waals surface area contributed by atoms with Gasteiger partial charge in [0.25, 0.3) is 0 Å². The summed E-state index contributed by atoms with van der Waals surface area (Å²) >= 11 is 0. The summed E-state index contributed by atoms with van der Waals surface area (Å²) in [6.07, 6.45) is 0.236. The van der Waals surface area contributed by atoms with Crippen molar-refractivity contribution in [1.82, 2.24) is 0 Å². The summed E-state index contributed by atoms with van der Waals surface area (Å²) in [7, 11) is 0. The van der Waals surface area contributed by atoms with Gasteiger partial charge in [0.1, 0.15) is 5.76 Å². The van der Waals surface area contributed by atoms with Crippen LogP contribution in [0.25, 0.3) is 0 Å². The van der Waals surface area contributed by atoms with Gasteiger partial charge in [0.2, 0.25) is 0 Å². The monoisotopic (exact) mass is 490 g/mol. The maximum atomic E-state index is 14.6. The molecule has 0 saturated heterocycles. The third-order valence-corrected chi connectivity index (χ3v) is 10.9. The maximum Gasteiger partial charge on any atom is 0.190 e. The molecule has 1 N–H and O–H groups in total. The van der Waals surface area contributed by atoms with Crippen LogP contribution in [0.5, 0.6) is 0 Å². The molecular weight excluding hydrogens is 448 g/mol.